The largest absolute Gasteiger partial charge is 0.423 e. The van der Waals surface area contributed by atoms with Gasteiger partial charge >= 0.3 is 0 Å². The Morgan fingerprint density at radius 2 is 1.92 bits per heavy atom. The molecule has 8 heteroatoms. The summed E-state index contributed by atoms with van der Waals surface area (Å²) in [5.41, 5.74) is 1.74. The highest BCUT2D eigenvalue weighted by molar-refractivity contribution is 7.17. The van der Waals surface area contributed by atoms with Gasteiger partial charge in [-0.3, -0.25) is 4.79 Å². The Labute approximate surface area is 151 Å². The summed E-state index contributed by atoms with van der Waals surface area (Å²) in [7, 11) is 0. The molecule has 2 aromatic carbocycles. The molecular weight excluding hydrogens is 355 g/mol. The van der Waals surface area contributed by atoms with Gasteiger partial charge in [-0.2, -0.15) is 0 Å². The van der Waals surface area contributed by atoms with Gasteiger partial charge in [0.05, 0.1) is 6.20 Å². The number of carbonyl (C=O) groups is 1. The molecule has 0 atom stereocenters. The molecule has 0 saturated heterocycles. The lowest BCUT2D eigenvalue weighted by Gasteiger charge is -2.03. The maximum Gasteiger partial charge on any atom is 0.267 e. The Kier molecular flexibility index (Phi) is 4.24. The summed E-state index contributed by atoms with van der Waals surface area (Å²) in [5.74, 6) is -0.277. The van der Waals surface area contributed by atoms with Gasteiger partial charge in [0.2, 0.25) is 12.3 Å². The molecule has 2 aromatic heterocycles. The fourth-order valence-corrected chi connectivity index (χ4v) is 3.16. The van der Waals surface area contributed by atoms with E-state index in [0.717, 1.165) is 16.9 Å². The smallest absolute Gasteiger partial charge is 0.267 e. The Balaban J connectivity index is 1.49. The molecule has 1 amide bonds. The summed E-state index contributed by atoms with van der Waals surface area (Å²) >= 11 is 1.13. The fraction of sp³-hybridized carbons (Fsp3) is 0. The van der Waals surface area contributed by atoms with Gasteiger partial charge in [0.1, 0.15) is 15.7 Å². The summed E-state index contributed by atoms with van der Waals surface area (Å²) in [6.07, 6.45) is 2.69. The number of anilines is 1. The zero-order valence-electron chi connectivity index (χ0n) is 13.2. The van der Waals surface area contributed by atoms with E-state index in [1.165, 1.54) is 18.7 Å². The quantitative estimate of drug-likeness (QED) is 0.584. The zero-order chi connectivity index (χ0) is 17.9. The van der Waals surface area contributed by atoms with Gasteiger partial charge in [-0.25, -0.2) is 9.37 Å². The van der Waals surface area contributed by atoms with E-state index >= 15 is 0 Å². The predicted octanol–water partition coefficient (Wildman–Crippen LogP) is 4.25. The number of halogens is 1. The van der Waals surface area contributed by atoms with Crippen molar-refractivity contribution in [2.45, 2.75) is 0 Å². The number of hydrogen-bond donors (Lipinski definition) is 1. The van der Waals surface area contributed by atoms with Gasteiger partial charge in [0.15, 0.2) is 0 Å². The zero-order valence-corrected chi connectivity index (χ0v) is 14.0. The molecule has 0 bridgehead atoms. The molecule has 0 aliphatic heterocycles. The van der Waals surface area contributed by atoms with Gasteiger partial charge in [0.25, 0.3) is 5.91 Å². The third kappa shape index (κ3) is 3.22. The molecule has 0 aliphatic carbocycles. The molecule has 26 heavy (non-hydrogen) atoms. The van der Waals surface area contributed by atoms with Crippen LogP contribution >= 0.6 is 11.3 Å². The summed E-state index contributed by atoms with van der Waals surface area (Å²) in [6, 6.07) is 13.3. The van der Waals surface area contributed by atoms with Crippen LogP contribution in [0.3, 0.4) is 0 Å². The Morgan fingerprint density at radius 1 is 1.12 bits per heavy atom. The van der Waals surface area contributed by atoms with Crippen LogP contribution in [0, 0.1) is 5.82 Å². The number of nitrogens with one attached hydrogen (secondary N) is 1. The van der Waals surface area contributed by atoms with E-state index in [0.29, 0.717) is 27.0 Å². The van der Waals surface area contributed by atoms with Gasteiger partial charge in [-0.1, -0.05) is 12.1 Å². The lowest BCUT2D eigenvalue weighted by molar-refractivity contribution is 0.103. The Hall–Kier alpha value is -3.39. The highest BCUT2D eigenvalue weighted by Crippen LogP contribution is 2.28. The molecule has 0 fully saturated rings. The van der Waals surface area contributed by atoms with Crippen LogP contribution in [0.1, 0.15) is 9.67 Å². The fourth-order valence-electron chi connectivity index (χ4n) is 2.33. The maximum atomic E-state index is 13.8. The van der Waals surface area contributed by atoms with E-state index in [1.807, 2.05) is 0 Å². The van der Waals surface area contributed by atoms with Gasteiger partial charge in [0, 0.05) is 16.8 Å². The van der Waals surface area contributed by atoms with Crippen molar-refractivity contribution in [1.29, 1.82) is 0 Å². The van der Waals surface area contributed by atoms with Crippen LogP contribution in [-0.2, 0) is 0 Å². The number of carbonyl (C=O) groups excluding carboxylic acids is 1. The SMILES string of the molecule is O=C(Nc1ccc(-c2nnco2)cc1)c1cnc(-c2ccccc2F)s1. The first kappa shape index (κ1) is 16.1. The van der Waals surface area contributed by atoms with Crippen molar-refractivity contribution >= 4 is 22.9 Å². The van der Waals surface area contributed by atoms with Gasteiger partial charge in [-0.15, -0.1) is 21.5 Å². The van der Waals surface area contributed by atoms with Crippen molar-refractivity contribution in [1.82, 2.24) is 15.2 Å². The molecule has 0 saturated carbocycles. The molecule has 2 heterocycles. The first-order chi connectivity index (χ1) is 12.7. The number of hydrogen-bond acceptors (Lipinski definition) is 6. The van der Waals surface area contributed by atoms with Crippen LogP contribution in [0.2, 0.25) is 0 Å². The van der Waals surface area contributed by atoms with Crippen molar-refractivity contribution in [3.63, 3.8) is 0 Å². The number of rotatable bonds is 4. The van der Waals surface area contributed by atoms with Crippen molar-refractivity contribution in [2.75, 3.05) is 5.32 Å². The second-order valence-electron chi connectivity index (χ2n) is 5.28. The first-order valence-electron chi connectivity index (χ1n) is 7.59. The summed E-state index contributed by atoms with van der Waals surface area (Å²) in [5, 5.41) is 10.7. The lowest BCUT2D eigenvalue weighted by Crippen LogP contribution is -2.09. The normalized spacial score (nSPS) is 10.7. The summed E-state index contributed by atoms with van der Waals surface area (Å²) in [6.45, 7) is 0. The Morgan fingerprint density at radius 3 is 2.65 bits per heavy atom. The van der Waals surface area contributed by atoms with E-state index in [1.54, 1.807) is 42.5 Å². The molecule has 4 aromatic rings. The number of benzene rings is 2. The van der Waals surface area contributed by atoms with Gasteiger partial charge < -0.3 is 9.73 Å². The molecule has 128 valence electrons. The molecule has 0 unspecified atom stereocenters. The maximum absolute atomic E-state index is 13.8. The minimum atomic E-state index is -0.370. The van der Waals surface area contributed by atoms with E-state index in [9.17, 15) is 9.18 Å². The highest BCUT2D eigenvalue weighted by Gasteiger charge is 2.14. The Bertz CT molecular complexity index is 1050. The van der Waals surface area contributed by atoms with Crippen molar-refractivity contribution in [3.8, 4) is 22.0 Å². The molecule has 4 rings (SSSR count). The van der Waals surface area contributed by atoms with E-state index in [2.05, 4.69) is 20.5 Å². The summed E-state index contributed by atoms with van der Waals surface area (Å²) < 4.78 is 19.0. The summed E-state index contributed by atoms with van der Waals surface area (Å²) in [4.78, 5) is 16.9. The highest BCUT2D eigenvalue weighted by atomic mass is 32.1. The van der Waals surface area contributed by atoms with E-state index in [-0.39, 0.29) is 11.7 Å². The lowest BCUT2D eigenvalue weighted by atomic mass is 10.2. The van der Waals surface area contributed by atoms with Crippen molar-refractivity contribution in [3.05, 3.63) is 71.8 Å². The number of amides is 1. The third-order valence-corrected chi connectivity index (χ3v) is 4.61. The topological polar surface area (TPSA) is 80.9 Å². The van der Waals surface area contributed by atoms with E-state index in [4.69, 9.17) is 4.42 Å². The van der Waals surface area contributed by atoms with Gasteiger partial charge in [-0.05, 0) is 36.4 Å². The van der Waals surface area contributed by atoms with E-state index < -0.39 is 0 Å². The molecular formula is C18H11FN4O2S. The van der Waals surface area contributed by atoms with Crippen LogP contribution < -0.4 is 5.32 Å². The van der Waals surface area contributed by atoms with Crippen molar-refractivity contribution < 1.29 is 13.6 Å². The molecule has 6 nitrogen and oxygen atoms in total. The average molecular weight is 366 g/mol. The predicted molar refractivity (Wildman–Crippen MR) is 95.2 cm³/mol. The molecule has 1 N–H and O–H groups in total. The van der Waals surface area contributed by atoms with Crippen LogP contribution in [0.5, 0.6) is 0 Å². The van der Waals surface area contributed by atoms with Crippen LogP contribution in [0.4, 0.5) is 10.1 Å². The minimum Gasteiger partial charge on any atom is -0.423 e. The number of nitrogens with zero attached hydrogens (tertiary/aromatic N) is 3. The second kappa shape index (κ2) is 6.85. The molecule has 0 radical (unpaired) electrons. The van der Waals surface area contributed by atoms with Crippen LogP contribution in [-0.4, -0.2) is 21.1 Å². The molecule has 0 aliphatic rings. The monoisotopic (exact) mass is 366 g/mol. The standard InChI is InChI=1S/C18H11FN4O2S/c19-14-4-2-1-3-13(14)18-20-9-15(26-18)16(24)22-12-7-5-11(6-8-12)17-23-21-10-25-17/h1-10H,(H,22,24). The first-order valence-corrected chi connectivity index (χ1v) is 8.41. The average Bonchev–Trinajstić information content (AvgIpc) is 3.35. The third-order valence-electron chi connectivity index (χ3n) is 3.58. The second-order valence-corrected chi connectivity index (χ2v) is 6.32. The molecule has 0 spiro atoms. The minimum absolute atomic E-state index is 0.310. The van der Waals surface area contributed by atoms with Crippen molar-refractivity contribution in [2.24, 2.45) is 0 Å². The van der Waals surface area contributed by atoms with Crippen LogP contribution in [0.15, 0.2) is 65.5 Å². The number of aromatic nitrogens is 3. The van der Waals surface area contributed by atoms with Crippen LogP contribution in [0.25, 0.3) is 22.0 Å². The number of thiazole rings is 1.